The predicted octanol–water partition coefficient (Wildman–Crippen LogP) is 0.779. The average molecular weight is 173 g/mol. The van der Waals surface area contributed by atoms with Crippen LogP contribution in [0.2, 0.25) is 0 Å². The molecule has 0 bridgehead atoms. The second-order valence-corrected chi connectivity index (χ2v) is 1.90. The van der Waals surface area contributed by atoms with Gasteiger partial charge in [-0.3, -0.25) is 4.68 Å². The van der Waals surface area contributed by atoms with Gasteiger partial charge in [0, 0.05) is 12.7 Å². The fraction of sp³-hybridized carbons (Fsp3) is 0.333. The summed E-state index contributed by atoms with van der Waals surface area (Å²) in [4.78, 5) is 0. The Morgan fingerprint density at radius 2 is 2.45 bits per heavy atom. The van der Waals surface area contributed by atoms with Gasteiger partial charge in [-0.1, -0.05) is 0 Å². The van der Waals surface area contributed by atoms with Gasteiger partial charge in [0.1, 0.15) is 11.6 Å². The first-order chi connectivity index (χ1) is 4.77. The Hall–Kier alpha value is -1.21. The number of nitriles is 1. The van der Waals surface area contributed by atoms with Crippen molar-refractivity contribution in [2.75, 3.05) is 5.73 Å². The number of hydrogen-bond acceptors (Lipinski definition) is 3. The molecule has 0 unspecified atom stereocenters. The van der Waals surface area contributed by atoms with E-state index in [0.717, 1.165) is 6.54 Å². The Morgan fingerprint density at radius 1 is 1.82 bits per heavy atom. The number of hydrogen-bond donors (Lipinski definition) is 1. The zero-order valence-electron chi connectivity index (χ0n) is 6.11. The van der Waals surface area contributed by atoms with Gasteiger partial charge in [-0.05, 0) is 6.92 Å². The second-order valence-electron chi connectivity index (χ2n) is 1.90. The summed E-state index contributed by atoms with van der Waals surface area (Å²) in [5.74, 6) is 0.310. The standard InChI is InChI=1S/C6H8N4.ClH/c1-2-10-4-5(3-7)6(8)9-10;/h4H,2H2,1H3,(H2,8,9);1H. The van der Waals surface area contributed by atoms with Crippen molar-refractivity contribution in [1.82, 2.24) is 9.78 Å². The van der Waals surface area contributed by atoms with E-state index in [-0.39, 0.29) is 12.4 Å². The van der Waals surface area contributed by atoms with Gasteiger partial charge in [0.2, 0.25) is 0 Å². The van der Waals surface area contributed by atoms with Crippen molar-refractivity contribution in [1.29, 1.82) is 5.26 Å². The van der Waals surface area contributed by atoms with Crippen molar-refractivity contribution in [3.8, 4) is 6.07 Å². The van der Waals surface area contributed by atoms with Crippen molar-refractivity contribution in [2.45, 2.75) is 13.5 Å². The zero-order chi connectivity index (χ0) is 7.56. The SMILES string of the molecule is CCn1cc(C#N)c(N)n1.Cl. The van der Waals surface area contributed by atoms with Crippen LogP contribution in [0.15, 0.2) is 6.20 Å². The molecule has 0 aliphatic carbocycles. The summed E-state index contributed by atoms with van der Waals surface area (Å²) in [6.07, 6.45) is 1.63. The van der Waals surface area contributed by atoms with Crippen molar-refractivity contribution in [2.24, 2.45) is 0 Å². The Labute approximate surface area is 71.0 Å². The first-order valence-corrected chi connectivity index (χ1v) is 3.01. The molecule has 0 fully saturated rings. The van der Waals surface area contributed by atoms with Gasteiger partial charge in [0.25, 0.3) is 0 Å². The Kier molecular flexibility index (Phi) is 3.42. The van der Waals surface area contributed by atoms with Gasteiger partial charge in [0.15, 0.2) is 5.82 Å². The molecule has 0 aromatic carbocycles. The maximum atomic E-state index is 8.44. The Balaban J connectivity index is 0.000001000. The maximum Gasteiger partial charge on any atom is 0.163 e. The fourth-order valence-electron chi connectivity index (χ4n) is 0.684. The third kappa shape index (κ3) is 1.85. The molecule has 0 radical (unpaired) electrons. The summed E-state index contributed by atoms with van der Waals surface area (Å²) in [6.45, 7) is 2.68. The predicted molar refractivity (Wildman–Crippen MR) is 44.3 cm³/mol. The molecule has 0 saturated carbocycles. The number of aryl methyl sites for hydroxylation is 1. The zero-order valence-corrected chi connectivity index (χ0v) is 6.93. The summed E-state index contributed by atoms with van der Waals surface area (Å²) in [7, 11) is 0. The van der Waals surface area contributed by atoms with Crippen molar-refractivity contribution >= 4 is 18.2 Å². The van der Waals surface area contributed by atoms with Crippen LogP contribution in [-0.4, -0.2) is 9.78 Å². The molecule has 0 atom stereocenters. The van der Waals surface area contributed by atoms with Crippen LogP contribution in [-0.2, 0) is 6.54 Å². The van der Waals surface area contributed by atoms with E-state index < -0.39 is 0 Å². The van der Waals surface area contributed by atoms with Gasteiger partial charge in [-0.2, -0.15) is 10.4 Å². The highest BCUT2D eigenvalue weighted by atomic mass is 35.5. The number of halogens is 1. The minimum Gasteiger partial charge on any atom is -0.381 e. The lowest BCUT2D eigenvalue weighted by molar-refractivity contribution is 0.663. The second kappa shape index (κ2) is 3.84. The molecular formula is C6H9ClN4. The summed E-state index contributed by atoms with van der Waals surface area (Å²) < 4.78 is 1.63. The normalized spacial score (nSPS) is 8.36. The van der Waals surface area contributed by atoms with Crippen LogP contribution in [0.5, 0.6) is 0 Å². The minimum absolute atomic E-state index is 0. The van der Waals surface area contributed by atoms with Crippen LogP contribution in [0, 0.1) is 11.3 Å². The third-order valence-corrected chi connectivity index (χ3v) is 1.23. The molecule has 60 valence electrons. The molecule has 0 aliphatic rings. The fourth-order valence-corrected chi connectivity index (χ4v) is 0.684. The molecule has 4 nitrogen and oxygen atoms in total. The molecule has 1 heterocycles. The Bertz CT molecular complexity index is 273. The smallest absolute Gasteiger partial charge is 0.163 e. The van der Waals surface area contributed by atoms with E-state index in [1.165, 1.54) is 0 Å². The van der Waals surface area contributed by atoms with Crippen LogP contribution < -0.4 is 5.73 Å². The molecule has 5 heteroatoms. The van der Waals surface area contributed by atoms with Crippen LogP contribution >= 0.6 is 12.4 Å². The largest absolute Gasteiger partial charge is 0.381 e. The molecular weight excluding hydrogens is 164 g/mol. The lowest BCUT2D eigenvalue weighted by Crippen LogP contribution is -1.95. The third-order valence-electron chi connectivity index (χ3n) is 1.23. The Morgan fingerprint density at radius 3 is 2.73 bits per heavy atom. The van der Waals surface area contributed by atoms with Crippen LogP contribution in [0.3, 0.4) is 0 Å². The highest BCUT2D eigenvalue weighted by Crippen LogP contribution is 2.05. The first kappa shape index (κ1) is 9.79. The molecule has 0 saturated heterocycles. The van der Waals surface area contributed by atoms with Crippen LogP contribution in [0.25, 0.3) is 0 Å². The number of nitrogen functional groups attached to an aromatic ring is 1. The molecule has 1 rings (SSSR count). The van der Waals surface area contributed by atoms with Gasteiger partial charge in [-0.15, -0.1) is 12.4 Å². The number of anilines is 1. The number of nitrogens with two attached hydrogens (primary N) is 1. The topological polar surface area (TPSA) is 67.6 Å². The van der Waals surface area contributed by atoms with Gasteiger partial charge < -0.3 is 5.73 Å². The van der Waals surface area contributed by atoms with Crippen molar-refractivity contribution in [3.63, 3.8) is 0 Å². The van der Waals surface area contributed by atoms with Gasteiger partial charge in [-0.25, -0.2) is 0 Å². The molecule has 2 N–H and O–H groups in total. The lowest BCUT2D eigenvalue weighted by atomic mass is 10.4. The summed E-state index contributed by atoms with van der Waals surface area (Å²) >= 11 is 0. The minimum atomic E-state index is 0. The van der Waals surface area contributed by atoms with Gasteiger partial charge in [0.05, 0.1) is 0 Å². The van der Waals surface area contributed by atoms with E-state index >= 15 is 0 Å². The van der Waals surface area contributed by atoms with E-state index in [4.69, 9.17) is 11.0 Å². The van der Waals surface area contributed by atoms with Crippen LogP contribution in [0.1, 0.15) is 12.5 Å². The maximum absolute atomic E-state index is 8.44. The summed E-state index contributed by atoms with van der Waals surface area (Å²) in [5.41, 5.74) is 5.82. The van der Waals surface area contributed by atoms with E-state index in [0.29, 0.717) is 11.4 Å². The molecule has 1 aromatic heterocycles. The highest BCUT2D eigenvalue weighted by molar-refractivity contribution is 5.85. The number of nitrogens with zero attached hydrogens (tertiary/aromatic N) is 3. The molecule has 0 aliphatic heterocycles. The quantitative estimate of drug-likeness (QED) is 0.681. The molecule has 11 heavy (non-hydrogen) atoms. The summed E-state index contributed by atoms with van der Waals surface area (Å²) in [5, 5.41) is 12.3. The lowest BCUT2D eigenvalue weighted by Gasteiger charge is -1.88. The molecule has 0 spiro atoms. The highest BCUT2D eigenvalue weighted by Gasteiger charge is 2.01. The first-order valence-electron chi connectivity index (χ1n) is 3.01. The molecule has 1 aromatic rings. The van der Waals surface area contributed by atoms with E-state index in [2.05, 4.69) is 5.10 Å². The van der Waals surface area contributed by atoms with Crippen molar-refractivity contribution < 1.29 is 0 Å². The van der Waals surface area contributed by atoms with E-state index in [1.807, 2.05) is 13.0 Å². The average Bonchev–Trinajstić information content (AvgIpc) is 2.30. The monoisotopic (exact) mass is 172 g/mol. The number of aromatic nitrogens is 2. The van der Waals surface area contributed by atoms with Crippen LogP contribution in [0.4, 0.5) is 5.82 Å². The van der Waals surface area contributed by atoms with E-state index in [1.54, 1.807) is 10.9 Å². The van der Waals surface area contributed by atoms with Gasteiger partial charge >= 0.3 is 0 Å². The number of rotatable bonds is 1. The summed E-state index contributed by atoms with van der Waals surface area (Å²) in [6, 6.07) is 1.94. The van der Waals surface area contributed by atoms with E-state index in [9.17, 15) is 0 Å². The molecule has 0 amide bonds. The van der Waals surface area contributed by atoms with Crippen molar-refractivity contribution in [3.05, 3.63) is 11.8 Å².